The van der Waals surface area contributed by atoms with E-state index in [1.165, 1.54) is 0 Å². The van der Waals surface area contributed by atoms with Crippen molar-refractivity contribution in [1.29, 1.82) is 0 Å². The van der Waals surface area contributed by atoms with Gasteiger partial charge in [0.25, 0.3) is 0 Å². The predicted molar refractivity (Wildman–Crippen MR) is 98.9 cm³/mol. The van der Waals surface area contributed by atoms with Gasteiger partial charge < -0.3 is 1.43 Å². The third kappa shape index (κ3) is 4350. The zero-order valence-electron chi connectivity index (χ0n) is 3.99. The molecule has 0 aliphatic carbocycles. The van der Waals surface area contributed by atoms with Crippen molar-refractivity contribution in [2.75, 3.05) is 0 Å². The molecule has 0 rings (SSSR count). The first kappa shape index (κ1) is 1290. The van der Waals surface area contributed by atoms with Gasteiger partial charge in [0.05, 0.1) is 0 Å². The summed E-state index contributed by atoms with van der Waals surface area (Å²) >= 11 is 0. The molecule has 0 bridgehead atoms. The fourth-order valence-corrected chi connectivity index (χ4v) is 0. The summed E-state index contributed by atoms with van der Waals surface area (Å²) in [5.41, 5.74) is 0. The molecule has 2 heteroatoms. The van der Waals surface area contributed by atoms with Crippen molar-refractivity contribution in [2.24, 2.45) is 0 Å². The maximum Gasteiger partial charge on any atom is 1.00 e. The summed E-state index contributed by atoms with van der Waals surface area (Å²) in [5, 5.41) is 0. The molecule has 0 aromatic rings. The summed E-state index contributed by atoms with van der Waals surface area (Å²) < 4.78 is 0. The van der Waals surface area contributed by atoms with Gasteiger partial charge in [0, 0.05) is 8.41 Å². The van der Waals surface area contributed by atoms with E-state index in [0.29, 0.717) is 0 Å². The van der Waals surface area contributed by atoms with E-state index in [0.717, 1.165) is 0 Å². The normalized spacial score (nSPS) is 0.250. The standard InChI is InChI=1S/C2H4.12CH4.B.Na.H/c1-2;;;;;;;;;;;;;;;/h1-2H2;12*1H4;;;/q;;;;;;;;;;;;;;+1;-1. The van der Waals surface area contributed by atoms with Gasteiger partial charge in [0.2, 0.25) is 0 Å². The molecule has 0 atom stereocenters. The summed E-state index contributed by atoms with van der Waals surface area (Å²) in [7, 11) is 0. The summed E-state index contributed by atoms with van der Waals surface area (Å²) in [6, 6.07) is 0. The van der Waals surface area contributed by atoms with E-state index >= 15 is 0 Å². The molecule has 0 aromatic carbocycles. The van der Waals surface area contributed by atoms with E-state index in [1.54, 1.807) is 0 Å². The Morgan fingerprint density at radius 1 is 0.375 bits per heavy atom. The molecule has 0 amide bonds. The minimum Gasteiger partial charge on any atom is -1.00 e. The zero-order valence-corrected chi connectivity index (χ0v) is 4.99. The second-order valence-corrected chi connectivity index (χ2v) is 0. The van der Waals surface area contributed by atoms with E-state index < -0.39 is 0 Å². The van der Waals surface area contributed by atoms with E-state index in [9.17, 15) is 0 Å². The number of rotatable bonds is 0. The number of hydrogen-bond donors (Lipinski definition) is 0. The van der Waals surface area contributed by atoms with Crippen LogP contribution in [0.25, 0.3) is 0 Å². The van der Waals surface area contributed by atoms with E-state index in [-0.39, 0.29) is 129 Å². The monoisotopic (exact) mass is 255 g/mol. The average molecular weight is 255 g/mol. The molecular weight excluding hydrogens is 202 g/mol. The van der Waals surface area contributed by atoms with Crippen LogP contribution in [-0.2, 0) is 0 Å². The van der Waals surface area contributed by atoms with Gasteiger partial charge in [-0.1, -0.05) is 89.1 Å². The summed E-state index contributed by atoms with van der Waals surface area (Å²) in [4.78, 5) is 0. The van der Waals surface area contributed by atoms with Gasteiger partial charge in [-0.05, 0) is 0 Å². The zero-order chi connectivity index (χ0) is 2.00. The van der Waals surface area contributed by atoms with Crippen LogP contribution < -0.4 is 29.6 Å². The first-order valence-corrected chi connectivity index (χ1v) is 0.500. The Labute approximate surface area is 141 Å². The molecule has 16 heavy (non-hydrogen) atoms. The quantitative estimate of drug-likeness (QED) is 0.414. The molecule has 3 radical (unpaired) electrons. The first-order valence-electron chi connectivity index (χ1n) is 0.500. The van der Waals surface area contributed by atoms with Crippen molar-refractivity contribution >= 4 is 8.41 Å². The molecule has 0 unspecified atom stereocenters. The average Bonchev–Trinajstić information content (AvgIpc) is 1.00. The summed E-state index contributed by atoms with van der Waals surface area (Å²) in [6.07, 6.45) is 0. The first-order chi connectivity index (χ1) is 1.00. The summed E-state index contributed by atoms with van der Waals surface area (Å²) in [5.74, 6) is 0. The van der Waals surface area contributed by atoms with Crippen molar-refractivity contribution < 1.29 is 31.0 Å². The van der Waals surface area contributed by atoms with Crippen molar-refractivity contribution in [1.82, 2.24) is 0 Å². The maximum atomic E-state index is 3.00. The second-order valence-electron chi connectivity index (χ2n) is 0. The Morgan fingerprint density at radius 3 is 0.375 bits per heavy atom. The molecule has 0 saturated carbocycles. The van der Waals surface area contributed by atoms with Crippen LogP contribution in [0.15, 0.2) is 13.2 Å². The molecule has 0 nitrogen and oxygen atoms in total. The Balaban J connectivity index is -0.0000000000476. The minimum atomic E-state index is 0. The molecule has 0 aliphatic rings. The molecule has 113 valence electrons. The van der Waals surface area contributed by atoms with Crippen LogP contribution in [0, 0.1) is 0 Å². The minimum absolute atomic E-state index is 0. The molecular formula is C14H53BNa. The van der Waals surface area contributed by atoms with Gasteiger partial charge in [-0.3, -0.25) is 0 Å². The molecule has 0 aliphatic heterocycles. The van der Waals surface area contributed by atoms with Crippen LogP contribution in [0.2, 0.25) is 0 Å². The van der Waals surface area contributed by atoms with Crippen molar-refractivity contribution in [2.45, 2.75) is 89.1 Å². The van der Waals surface area contributed by atoms with Crippen LogP contribution in [0.5, 0.6) is 0 Å². The number of hydrogen-bond acceptors (Lipinski definition) is 0. The smallest absolute Gasteiger partial charge is 1.00 e. The van der Waals surface area contributed by atoms with Crippen molar-refractivity contribution in [3.05, 3.63) is 13.2 Å². The fourth-order valence-electron chi connectivity index (χ4n) is 0. The molecule has 0 aromatic heterocycles. The van der Waals surface area contributed by atoms with Gasteiger partial charge in [-0.25, -0.2) is 0 Å². The van der Waals surface area contributed by atoms with Crippen LogP contribution in [0.3, 0.4) is 0 Å². The Hall–Kier alpha value is 0.805. The van der Waals surface area contributed by atoms with Gasteiger partial charge in [0.15, 0.2) is 0 Å². The van der Waals surface area contributed by atoms with Gasteiger partial charge in [0.1, 0.15) is 0 Å². The van der Waals surface area contributed by atoms with Gasteiger partial charge in [-0.2, -0.15) is 0 Å². The van der Waals surface area contributed by atoms with E-state index in [2.05, 4.69) is 13.2 Å². The van der Waals surface area contributed by atoms with Crippen LogP contribution in [0.1, 0.15) is 90.5 Å². The predicted octanol–water partition coefficient (Wildman–Crippen LogP) is 5.17. The topological polar surface area (TPSA) is 0 Å². The van der Waals surface area contributed by atoms with E-state index in [1.807, 2.05) is 0 Å². The third-order valence-corrected chi connectivity index (χ3v) is 0. The third-order valence-electron chi connectivity index (χ3n) is 0. The second kappa shape index (κ2) is 5350. The Kier molecular flexibility index (Phi) is 431000. The Morgan fingerprint density at radius 2 is 0.375 bits per heavy atom. The maximum absolute atomic E-state index is 3.00. The SMILES string of the molecule is C.C.C.C.C.C.C.C.C.C.C.C.C=C.[B].[H-].[Na+]. The molecule has 0 saturated heterocycles. The van der Waals surface area contributed by atoms with Crippen molar-refractivity contribution in [3.8, 4) is 0 Å². The van der Waals surface area contributed by atoms with Gasteiger partial charge >= 0.3 is 29.6 Å². The van der Waals surface area contributed by atoms with Gasteiger partial charge in [-0.15, -0.1) is 13.2 Å². The molecule has 0 N–H and O–H groups in total. The van der Waals surface area contributed by atoms with E-state index in [4.69, 9.17) is 0 Å². The molecule has 0 spiro atoms. The largest absolute Gasteiger partial charge is 1.00 e. The van der Waals surface area contributed by atoms with Crippen LogP contribution in [0.4, 0.5) is 0 Å². The summed E-state index contributed by atoms with van der Waals surface area (Å²) in [6.45, 7) is 6.00. The fraction of sp³-hybridized carbons (Fsp3) is 0.857. The van der Waals surface area contributed by atoms with Crippen LogP contribution >= 0.6 is 0 Å². The Bertz CT molecular complexity index is 16.2. The van der Waals surface area contributed by atoms with Crippen LogP contribution in [-0.4, -0.2) is 8.41 Å². The van der Waals surface area contributed by atoms with Crippen molar-refractivity contribution in [3.63, 3.8) is 0 Å². The molecule has 0 heterocycles. The molecule has 0 fully saturated rings.